The summed E-state index contributed by atoms with van der Waals surface area (Å²) in [6.45, 7) is 3.18. The zero-order valence-electron chi connectivity index (χ0n) is 16.1. The summed E-state index contributed by atoms with van der Waals surface area (Å²) in [5, 5.41) is 5.07. The molecule has 2 aliphatic heterocycles. The molecule has 0 saturated carbocycles. The number of halogens is 2. The van der Waals surface area contributed by atoms with Crippen molar-refractivity contribution in [1.29, 1.82) is 0 Å². The van der Waals surface area contributed by atoms with E-state index in [1.807, 2.05) is 30.3 Å². The Balaban J connectivity index is 1.26. The maximum absolute atomic E-state index is 12.8. The molecule has 2 aliphatic rings. The topological polar surface area (TPSA) is 54.0 Å². The number of para-hydroxylation sites is 2. The number of fused-ring (bicyclic) bond motifs is 1. The van der Waals surface area contributed by atoms with Crippen LogP contribution in [0.2, 0.25) is 10.0 Å². The van der Waals surface area contributed by atoms with E-state index in [0.29, 0.717) is 59.4 Å². The number of benzene rings is 2. The first-order valence-corrected chi connectivity index (χ1v) is 10.8. The average molecular weight is 466 g/mol. The maximum atomic E-state index is 12.8. The zero-order chi connectivity index (χ0) is 21.1. The Morgan fingerprint density at radius 3 is 2.50 bits per heavy atom. The number of piperazine rings is 1. The molecule has 4 rings (SSSR count). The second-order valence-corrected chi connectivity index (χ2v) is 8.30. The van der Waals surface area contributed by atoms with Crippen LogP contribution in [0.25, 0.3) is 0 Å². The Kier molecular flexibility index (Phi) is 6.51. The Morgan fingerprint density at radius 2 is 1.77 bits per heavy atom. The Bertz CT molecular complexity index is 951. The van der Waals surface area contributed by atoms with Gasteiger partial charge in [-0.25, -0.2) is 0 Å². The van der Waals surface area contributed by atoms with Crippen molar-refractivity contribution in [3.8, 4) is 11.5 Å². The minimum atomic E-state index is -0.622. The van der Waals surface area contributed by atoms with Gasteiger partial charge < -0.3 is 24.6 Å². The quantitative estimate of drug-likeness (QED) is 0.701. The van der Waals surface area contributed by atoms with Gasteiger partial charge in [-0.05, 0) is 42.0 Å². The molecule has 1 amide bonds. The number of nitrogens with one attached hydrogen (secondary N) is 1. The molecule has 6 nitrogen and oxygen atoms in total. The van der Waals surface area contributed by atoms with Gasteiger partial charge in [-0.15, -0.1) is 0 Å². The largest absolute Gasteiger partial charge is 0.485 e. The van der Waals surface area contributed by atoms with Gasteiger partial charge in [-0.1, -0.05) is 41.4 Å². The third-order valence-electron chi connectivity index (χ3n) is 5.11. The molecule has 0 radical (unpaired) electrons. The molecule has 1 saturated heterocycles. The van der Waals surface area contributed by atoms with Crippen LogP contribution in [-0.2, 0) is 11.3 Å². The fraction of sp³-hybridized carbons (Fsp3) is 0.333. The highest BCUT2D eigenvalue weighted by Gasteiger charge is 2.33. The van der Waals surface area contributed by atoms with Crippen molar-refractivity contribution in [2.75, 3.05) is 32.8 Å². The van der Waals surface area contributed by atoms with E-state index in [1.165, 1.54) is 0 Å². The maximum Gasteiger partial charge on any atom is 0.267 e. The summed E-state index contributed by atoms with van der Waals surface area (Å²) < 4.78 is 11.5. The highest BCUT2D eigenvalue weighted by Crippen LogP contribution is 2.31. The molecule has 0 spiro atoms. The van der Waals surface area contributed by atoms with Crippen LogP contribution in [0.4, 0.5) is 0 Å². The predicted molar refractivity (Wildman–Crippen MR) is 120 cm³/mol. The van der Waals surface area contributed by atoms with Gasteiger partial charge in [0.25, 0.3) is 5.91 Å². The average Bonchev–Trinajstić information content (AvgIpc) is 2.77. The summed E-state index contributed by atoms with van der Waals surface area (Å²) in [5.41, 5.74) is 0.923. The molecule has 2 heterocycles. The highest BCUT2D eigenvalue weighted by molar-refractivity contribution is 7.80. The van der Waals surface area contributed by atoms with E-state index in [4.69, 9.17) is 44.9 Å². The van der Waals surface area contributed by atoms with Gasteiger partial charge in [-0.2, -0.15) is 0 Å². The molecule has 0 aromatic heterocycles. The zero-order valence-corrected chi connectivity index (χ0v) is 18.5. The van der Waals surface area contributed by atoms with Gasteiger partial charge in [0, 0.05) is 42.8 Å². The van der Waals surface area contributed by atoms with E-state index in [9.17, 15) is 4.79 Å². The van der Waals surface area contributed by atoms with E-state index >= 15 is 0 Å². The lowest BCUT2D eigenvalue weighted by Gasteiger charge is -2.38. The molecular formula is C21H21Cl2N3O3S. The predicted octanol–water partition coefficient (Wildman–Crippen LogP) is 3.35. The molecule has 1 N–H and O–H groups in total. The van der Waals surface area contributed by atoms with Crippen molar-refractivity contribution >= 4 is 46.4 Å². The molecule has 0 aliphatic carbocycles. The number of hydrogen-bond acceptors (Lipinski definition) is 4. The van der Waals surface area contributed by atoms with Gasteiger partial charge in [0.1, 0.15) is 6.61 Å². The minimum absolute atomic E-state index is 0.0593. The monoisotopic (exact) mass is 465 g/mol. The van der Waals surface area contributed by atoms with E-state index in [1.54, 1.807) is 17.0 Å². The third-order valence-corrected chi connectivity index (χ3v) is 6.10. The molecule has 1 fully saturated rings. The second kappa shape index (κ2) is 9.29. The van der Waals surface area contributed by atoms with E-state index < -0.39 is 6.10 Å². The van der Waals surface area contributed by atoms with Crippen molar-refractivity contribution in [1.82, 2.24) is 15.1 Å². The smallest absolute Gasteiger partial charge is 0.267 e. The van der Waals surface area contributed by atoms with E-state index in [2.05, 4.69) is 10.2 Å². The fourth-order valence-electron chi connectivity index (χ4n) is 3.42. The molecular weight excluding hydrogens is 445 g/mol. The number of ether oxygens (including phenoxy) is 2. The fourth-order valence-corrected chi connectivity index (χ4v) is 4.15. The number of carbonyl (C=O) groups is 1. The lowest BCUT2D eigenvalue weighted by atomic mass is 10.2. The number of hydrogen-bond donors (Lipinski definition) is 1. The number of rotatable bonds is 3. The second-order valence-electron chi connectivity index (χ2n) is 7.07. The number of thiocarbonyl (C=S) groups is 1. The summed E-state index contributed by atoms with van der Waals surface area (Å²) in [4.78, 5) is 16.7. The van der Waals surface area contributed by atoms with Gasteiger partial charge >= 0.3 is 0 Å². The first-order valence-electron chi connectivity index (χ1n) is 9.65. The first-order chi connectivity index (χ1) is 14.5. The molecule has 158 valence electrons. The summed E-state index contributed by atoms with van der Waals surface area (Å²) in [5.74, 6) is 1.21. The van der Waals surface area contributed by atoms with Crippen molar-refractivity contribution in [2.45, 2.75) is 12.6 Å². The summed E-state index contributed by atoms with van der Waals surface area (Å²) >= 11 is 17.7. The summed E-state index contributed by atoms with van der Waals surface area (Å²) in [6.07, 6.45) is -0.622. The Hall–Kier alpha value is -2.22. The Morgan fingerprint density at radius 1 is 1.07 bits per heavy atom. The van der Waals surface area contributed by atoms with E-state index in [-0.39, 0.29) is 12.5 Å². The van der Waals surface area contributed by atoms with E-state index in [0.717, 1.165) is 5.56 Å². The summed E-state index contributed by atoms with van der Waals surface area (Å²) in [6, 6.07) is 12.8. The van der Waals surface area contributed by atoms with Crippen LogP contribution < -0.4 is 14.8 Å². The molecule has 1 atom stereocenters. The van der Waals surface area contributed by atoms with Gasteiger partial charge in [0.05, 0.1) is 0 Å². The molecule has 9 heteroatoms. The molecule has 2 aromatic rings. The number of amides is 1. The Labute approximate surface area is 190 Å². The molecule has 1 unspecified atom stereocenters. The molecule has 2 aromatic carbocycles. The highest BCUT2D eigenvalue weighted by atomic mass is 35.5. The van der Waals surface area contributed by atoms with Crippen molar-refractivity contribution in [3.05, 3.63) is 58.1 Å². The van der Waals surface area contributed by atoms with Crippen LogP contribution in [0.3, 0.4) is 0 Å². The molecule has 30 heavy (non-hydrogen) atoms. The lowest BCUT2D eigenvalue weighted by molar-refractivity contribution is -0.142. The summed E-state index contributed by atoms with van der Waals surface area (Å²) in [7, 11) is 0. The third kappa shape index (κ3) is 4.74. The molecule has 0 bridgehead atoms. The van der Waals surface area contributed by atoms with Crippen molar-refractivity contribution < 1.29 is 14.3 Å². The lowest BCUT2D eigenvalue weighted by Crippen LogP contribution is -2.56. The van der Waals surface area contributed by atoms with Crippen molar-refractivity contribution in [3.63, 3.8) is 0 Å². The van der Waals surface area contributed by atoms with Crippen LogP contribution in [0.15, 0.2) is 42.5 Å². The van der Waals surface area contributed by atoms with Crippen LogP contribution in [0, 0.1) is 0 Å². The van der Waals surface area contributed by atoms with Gasteiger partial charge in [-0.3, -0.25) is 4.79 Å². The van der Waals surface area contributed by atoms with Crippen molar-refractivity contribution in [2.24, 2.45) is 0 Å². The normalized spacial score (nSPS) is 18.1. The minimum Gasteiger partial charge on any atom is -0.485 e. The number of carbonyl (C=O) groups excluding carboxylic acids is 1. The van der Waals surface area contributed by atoms with Crippen LogP contribution >= 0.6 is 35.4 Å². The standard InChI is InChI=1S/C21H21Cl2N3O3S/c22-15-6-5-14(16(23)11-15)12-24-21(30)26-9-7-25(8-10-26)20(27)19-13-28-17-3-1-2-4-18(17)29-19/h1-6,11,19H,7-10,12-13H2,(H,24,30). The van der Waals surface area contributed by atoms with Crippen LogP contribution in [0.5, 0.6) is 11.5 Å². The SMILES string of the molecule is O=C(C1COc2ccccc2O1)N1CCN(C(=S)NCc2ccc(Cl)cc2Cl)CC1. The van der Waals surface area contributed by atoms with Crippen LogP contribution in [0.1, 0.15) is 5.56 Å². The van der Waals surface area contributed by atoms with Gasteiger partial charge in [0.2, 0.25) is 6.10 Å². The number of nitrogens with zero attached hydrogens (tertiary/aromatic N) is 2. The first kappa shape index (κ1) is 21.0. The van der Waals surface area contributed by atoms with Gasteiger partial charge in [0.15, 0.2) is 16.6 Å². The van der Waals surface area contributed by atoms with Crippen LogP contribution in [-0.4, -0.2) is 59.7 Å².